The Hall–Kier alpha value is -2.12. The maximum Gasteiger partial charge on any atom is 0.251 e. The molecule has 2 heterocycles. The maximum atomic E-state index is 12.7. The molecule has 27 heavy (non-hydrogen) atoms. The number of carbonyl (C=O) groups is 1. The Bertz CT molecular complexity index is 839. The van der Waals surface area contributed by atoms with E-state index >= 15 is 0 Å². The smallest absolute Gasteiger partial charge is 0.251 e. The minimum absolute atomic E-state index is 0.0145. The molecule has 1 fully saturated rings. The van der Waals surface area contributed by atoms with Gasteiger partial charge in [0.15, 0.2) is 0 Å². The van der Waals surface area contributed by atoms with Crippen molar-refractivity contribution in [2.75, 3.05) is 13.1 Å². The van der Waals surface area contributed by atoms with Crippen LogP contribution in [0.25, 0.3) is 0 Å². The van der Waals surface area contributed by atoms with Crippen LogP contribution in [0.1, 0.15) is 48.7 Å². The lowest BCUT2D eigenvalue weighted by atomic mass is 10.1. The van der Waals surface area contributed by atoms with Crippen molar-refractivity contribution in [3.05, 3.63) is 54.0 Å². The molecule has 1 saturated heterocycles. The molecule has 1 amide bonds. The van der Waals surface area contributed by atoms with Gasteiger partial charge in [-0.2, -0.15) is 4.31 Å². The van der Waals surface area contributed by atoms with Crippen LogP contribution in [0.4, 0.5) is 0 Å². The molecule has 1 N–H and O–H groups in total. The molecule has 6 nitrogen and oxygen atoms in total. The largest absolute Gasteiger partial charge is 0.469 e. The van der Waals surface area contributed by atoms with Crippen LogP contribution in [0.15, 0.2) is 52.0 Å². The number of amides is 1. The normalized spacial score (nSPS) is 16.8. The monoisotopic (exact) mass is 390 g/mol. The van der Waals surface area contributed by atoms with Crippen molar-refractivity contribution in [3.8, 4) is 0 Å². The number of nitrogens with one attached hydrogen (secondary N) is 1. The van der Waals surface area contributed by atoms with Gasteiger partial charge >= 0.3 is 0 Å². The van der Waals surface area contributed by atoms with Crippen LogP contribution in [0.2, 0.25) is 0 Å². The topological polar surface area (TPSA) is 79.6 Å². The second-order valence-corrected chi connectivity index (χ2v) is 8.92. The van der Waals surface area contributed by atoms with Gasteiger partial charge in [0.2, 0.25) is 10.0 Å². The Morgan fingerprint density at radius 1 is 1.15 bits per heavy atom. The zero-order chi connectivity index (χ0) is 19.3. The Balaban J connectivity index is 1.58. The highest BCUT2D eigenvalue weighted by Gasteiger charge is 2.26. The molecule has 1 atom stereocenters. The van der Waals surface area contributed by atoms with Crippen LogP contribution in [-0.4, -0.2) is 37.8 Å². The second kappa shape index (κ2) is 8.71. The summed E-state index contributed by atoms with van der Waals surface area (Å²) in [4.78, 5) is 12.6. The van der Waals surface area contributed by atoms with Crippen LogP contribution >= 0.6 is 0 Å². The molecule has 146 valence electrons. The van der Waals surface area contributed by atoms with Crippen molar-refractivity contribution in [1.82, 2.24) is 9.62 Å². The van der Waals surface area contributed by atoms with Crippen LogP contribution in [0.5, 0.6) is 0 Å². The number of sulfonamides is 1. The van der Waals surface area contributed by atoms with E-state index in [9.17, 15) is 13.2 Å². The number of piperidine rings is 1. The van der Waals surface area contributed by atoms with E-state index in [0.29, 0.717) is 18.7 Å². The van der Waals surface area contributed by atoms with Gasteiger partial charge in [0.1, 0.15) is 5.76 Å². The van der Waals surface area contributed by atoms with Gasteiger partial charge in [0, 0.05) is 31.1 Å². The minimum atomic E-state index is -3.47. The molecular formula is C20H26N2O4S. The minimum Gasteiger partial charge on any atom is -0.469 e. The number of nitrogens with zero attached hydrogens (tertiary/aromatic N) is 1. The van der Waals surface area contributed by atoms with E-state index in [1.807, 2.05) is 19.1 Å². The molecule has 1 aromatic heterocycles. The highest BCUT2D eigenvalue weighted by Crippen LogP contribution is 2.21. The van der Waals surface area contributed by atoms with Gasteiger partial charge in [-0.05, 0) is 62.6 Å². The summed E-state index contributed by atoms with van der Waals surface area (Å²) in [6, 6.07) is 9.93. The van der Waals surface area contributed by atoms with E-state index in [-0.39, 0.29) is 16.8 Å². The Morgan fingerprint density at radius 3 is 2.48 bits per heavy atom. The van der Waals surface area contributed by atoms with Crippen molar-refractivity contribution in [3.63, 3.8) is 0 Å². The number of hydrogen-bond acceptors (Lipinski definition) is 4. The van der Waals surface area contributed by atoms with Crippen molar-refractivity contribution in [2.24, 2.45) is 0 Å². The predicted molar refractivity (Wildman–Crippen MR) is 103 cm³/mol. The van der Waals surface area contributed by atoms with E-state index in [2.05, 4.69) is 5.32 Å². The molecule has 0 radical (unpaired) electrons. The van der Waals surface area contributed by atoms with E-state index in [1.54, 1.807) is 18.4 Å². The van der Waals surface area contributed by atoms with Gasteiger partial charge in [-0.1, -0.05) is 6.42 Å². The van der Waals surface area contributed by atoms with Crippen LogP contribution in [0, 0.1) is 0 Å². The summed E-state index contributed by atoms with van der Waals surface area (Å²) >= 11 is 0. The molecule has 0 unspecified atom stereocenters. The molecule has 3 rings (SSSR count). The molecule has 0 saturated carbocycles. The van der Waals surface area contributed by atoms with Gasteiger partial charge in [-0.15, -0.1) is 0 Å². The lowest BCUT2D eigenvalue weighted by molar-refractivity contribution is 0.0938. The third-order valence-corrected chi connectivity index (χ3v) is 6.76. The van der Waals surface area contributed by atoms with Crippen molar-refractivity contribution < 1.29 is 17.6 Å². The van der Waals surface area contributed by atoms with Crippen LogP contribution in [0.3, 0.4) is 0 Å². The molecule has 0 aliphatic carbocycles. The molecule has 7 heteroatoms. The van der Waals surface area contributed by atoms with Gasteiger partial charge < -0.3 is 9.73 Å². The third-order valence-electron chi connectivity index (χ3n) is 4.85. The fraction of sp³-hybridized carbons (Fsp3) is 0.450. The number of aryl methyl sites for hydroxylation is 1. The summed E-state index contributed by atoms with van der Waals surface area (Å²) in [5.41, 5.74) is 0.456. The Labute approximate surface area is 160 Å². The lowest BCUT2D eigenvalue weighted by Crippen LogP contribution is -2.35. The summed E-state index contributed by atoms with van der Waals surface area (Å²) in [5, 5.41) is 2.94. The zero-order valence-electron chi connectivity index (χ0n) is 15.6. The zero-order valence-corrected chi connectivity index (χ0v) is 16.4. The van der Waals surface area contributed by atoms with Crippen molar-refractivity contribution >= 4 is 15.9 Å². The molecule has 1 aromatic carbocycles. The molecule has 0 bridgehead atoms. The summed E-state index contributed by atoms with van der Waals surface area (Å²) < 4.78 is 32.1. The quantitative estimate of drug-likeness (QED) is 0.787. The van der Waals surface area contributed by atoms with E-state index in [4.69, 9.17) is 4.42 Å². The fourth-order valence-corrected chi connectivity index (χ4v) is 4.74. The summed E-state index contributed by atoms with van der Waals surface area (Å²) in [6.07, 6.45) is 6.02. The molecule has 1 aliphatic heterocycles. The Kier molecular flexibility index (Phi) is 6.34. The first-order valence-electron chi connectivity index (χ1n) is 9.40. The number of hydrogen-bond donors (Lipinski definition) is 1. The van der Waals surface area contributed by atoms with Crippen LogP contribution in [-0.2, 0) is 16.4 Å². The van der Waals surface area contributed by atoms with Gasteiger partial charge in [0.25, 0.3) is 5.91 Å². The lowest BCUT2D eigenvalue weighted by Gasteiger charge is -2.25. The van der Waals surface area contributed by atoms with Gasteiger partial charge in [-0.25, -0.2) is 8.42 Å². The first kappa shape index (κ1) is 19.6. The molecular weight excluding hydrogens is 364 g/mol. The second-order valence-electron chi connectivity index (χ2n) is 6.98. The van der Waals surface area contributed by atoms with E-state index < -0.39 is 10.0 Å². The summed E-state index contributed by atoms with van der Waals surface area (Å²) in [5.74, 6) is 0.687. The molecule has 2 aromatic rings. The number of carbonyl (C=O) groups excluding carboxylic acids is 1. The highest BCUT2D eigenvalue weighted by atomic mass is 32.2. The van der Waals surface area contributed by atoms with Gasteiger partial charge in [-0.3, -0.25) is 4.79 Å². The summed E-state index contributed by atoms with van der Waals surface area (Å²) in [6.45, 7) is 3.07. The van der Waals surface area contributed by atoms with E-state index in [0.717, 1.165) is 37.9 Å². The van der Waals surface area contributed by atoms with Crippen molar-refractivity contribution in [2.45, 2.75) is 50.0 Å². The summed E-state index contributed by atoms with van der Waals surface area (Å²) in [7, 11) is -3.47. The fourth-order valence-electron chi connectivity index (χ4n) is 3.23. The maximum absolute atomic E-state index is 12.7. The van der Waals surface area contributed by atoms with Crippen molar-refractivity contribution in [1.29, 1.82) is 0 Å². The van der Waals surface area contributed by atoms with E-state index in [1.165, 1.54) is 16.4 Å². The first-order valence-corrected chi connectivity index (χ1v) is 10.8. The Morgan fingerprint density at radius 2 is 1.85 bits per heavy atom. The molecule has 1 aliphatic rings. The standard InChI is InChI=1S/C20H26N2O4S/c1-16(7-10-18-6-5-15-26-18)21-20(23)17-8-11-19(12-9-17)27(24,25)22-13-3-2-4-14-22/h5-6,8-9,11-12,15-16H,2-4,7,10,13-14H2,1H3,(H,21,23)/t16-/m0/s1. The predicted octanol–water partition coefficient (Wildman–Crippen LogP) is 3.21. The highest BCUT2D eigenvalue weighted by molar-refractivity contribution is 7.89. The molecule has 0 spiro atoms. The average Bonchev–Trinajstić information content (AvgIpc) is 3.21. The third kappa shape index (κ3) is 4.99. The number of benzene rings is 1. The number of furan rings is 1. The SMILES string of the molecule is C[C@@H](CCc1ccco1)NC(=O)c1ccc(S(=O)(=O)N2CCCCC2)cc1. The van der Waals surface area contributed by atoms with Crippen LogP contribution < -0.4 is 5.32 Å². The first-order chi connectivity index (χ1) is 13.0. The average molecular weight is 391 g/mol. The van der Waals surface area contributed by atoms with Gasteiger partial charge in [0.05, 0.1) is 11.2 Å². The number of rotatable bonds is 7.